The first kappa shape index (κ1) is 22.2. The summed E-state index contributed by atoms with van der Waals surface area (Å²) in [5, 5.41) is 2.45. The van der Waals surface area contributed by atoms with E-state index in [1.54, 1.807) is 24.3 Å². The monoisotopic (exact) mass is 495 g/mol. The number of hydrazine groups is 1. The maximum Gasteiger partial charge on any atom is 0.349 e. The molecule has 0 radical (unpaired) electrons. The predicted octanol–water partition coefficient (Wildman–Crippen LogP) is 5.17. The van der Waals surface area contributed by atoms with E-state index < -0.39 is 16.9 Å². The van der Waals surface area contributed by atoms with Gasteiger partial charge < -0.3 is 9.40 Å². The number of thioether (sulfide) groups is 1. The average molecular weight is 496 g/mol. The Morgan fingerprint density at radius 2 is 1.81 bits per heavy atom. The van der Waals surface area contributed by atoms with Crippen molar-refractivity contribution in [2.75, 3.05) is 5.75 Å². The summed E-state index contributed by atoms with van der Waals surface area (Å²) in [6.07, 6.45) is 0. The molecule has 1 aliphatic heterocycles. The quantitative estimate of drug-likeness (QED) is 0.336. The van der Waals surface area contributed by atoms with Crippen LogP contribution in [-0.2, 0) is 4.79 Å². The number of nitrogens with one attached hydrogen (secondary N) is 2. The highest BCUT2D eigenvalue weighted by molar-refractivity contribution is 8.00. The van der Waals surface area contributed by atoms with E-state index in [-0.39, 0.29) is 17.2 Å². The minimum absolute atomic E-state index is 0.157. The van der Waals surface area contributed by atoms with Crippen molar-refractivity contribution < 1.29 is 14.0 Å². The van der Waals surface area contributed by atoms with Crippen LogP contribution in [0.2, 0.25) is 0 Å². The van der Waals surface area contributed by atoms with Crippen molar-refractivity contribution in [1.82, 2.24) is 15.4 Å². The molecule has 7 nitrogen and oxygen atoms in total. The lowest BCUT2D eigenvalue weighted by Crippen LogP contribution is -2.45. The molecule has 2 aromatic heterocycles. The Labute approximate surface area is 210 Å². The van der Waals surface area contributed by atoms with Gasteiger partial charge in [-0.2, -0.15) is 0 Å². The average Bonchev–Trinajstić information content (AvgIpc) is 3.43. The Kier molecular flexibility index (Phi) is 5.38. The molecule has 1 unspecified atom stereocenters. The van der Waals surface area contributed by atoms with Gasteiger partial charge in [-0.1, -0.05) is 60.2 Å². The highest BCUT2D eigenvalue weighted by atomic mass is 32.2. The molecular formula is C28H21N3O4S. The first-order valence-corrected chi connectivity index (χ1v) is 12.5. The fraction of sp³-hybridized carbons (Fsp3) is 0.107. The number of nitrogens with zero attached hydrogens (tertiary/aromatic N) is 1. The molecule has 6 rings (SSSR count). The summed E-state index contributed by atoms with van der Waals surface area (Å²) in [5.74, 6) is -0.735. The number of H-pyrrole nitrogens is 1. The van der Waals surface area contributed by atoms with Gasteiger partial charge >= 0.3 is 5.63 Å². The largest absolute Gasteiger partial charge is 0.422 e. The maximum absolute atomic E-state index is 13.2. The fourth-order valence-electron chi connectivity index (χ4n) is 4.56. The van der Waals surface area contributed by atoms with Crippen molar-refractivity contribution in [2.24, 2.45) is 0 Å². The summed E-state index contributed by atoms with van der Waals surface area (Å²) in [6, 6.07) is 24.5. The van der Waals surface area contributed by atoms with Gasteiger partial charge in [0.15, 0.2) is 0 Å². The molecule has 0 aliphatic carbocycles. The standard InChI is InChI=1S/C28H21N3O4S/c1-16-11-12-21-19(13-16)24(25(29-21)17-7-3-2-4-8-17)27-31(23(32)15-36-27)30-26(33)20-14-18-9-5-6-10-22(18)35-28(20)34/h2-14,27,29H,15H2,1H3,(H,30,33). The van der Waals surface area contributed by atoms with Gasteiger partial charge in [-0.05, 0) is 36.8 Å². The van der Waals surface area contributed by atoms with Crippen LogP contribution in [0.5, 0.6) is 0 Å². The molecule has 2 N–H and O–H groups in total. The van der Waals surface area contributed by atoms with Gasteiger partial charge in [0.05, 0.1) is 11.4 Å². The highest BCUT2D eigenvalue weighted by Crippen LogP contribution is 2.45. The molecule has 1 fully saturated rings. The van der Waals surface area contributed by atoms with Crippen molar-refractivity contribution in [3.05, 3.63) is 106 Å². The molecule has 3 aromatic carbocycles. The predicted molar refractivity (Wildman–Crippen MR) is 140 cm³/mol. The van der Waals surface area contributed by atoms with Crippen molar-refractivity contribution in [3.8, 4) is 11.3 Å². The second-order valence-electron chi connectivity index (χ2n) is 8.68. The summed E-state index contributed by atoms with van der Waals surface area (Å²) in [6.45, 7) is 2.02. The summed E-state index contributed by atoms with van der Waals surface area (Å²) < 4.78 is 5.32. The van der Waals surface area contributed by atoms with Crippen LogP contribution in [-0.4, -0.2) is 27.6 Å². The lowest BCUT2D eigenvalue weighted by molar-refractivity contribution is -0.130. The van der Waals surface area contributed by atoms with E-state index in [4.69, 9.17) is 4.42 Å². The molecule has 1 saturated heterocycles. The van der Waals surface area contributed by atoms with E-state index in [2.05, 4.69) is 16.5 Å². The third-order valence-corrected chi connectivity index (χ3v) is 7.46. The maximum atomic E-state index is 13.2. The Morgan fingerprint density at radius 1 is 1.03 bits per heavy atom. The topological polar surface area (TPSA) is 95.4 Å². The Morgan fingerprint density at radius 3 is 2.64 bits per heavy atom. The zero-order chi connectivity index (χ0) is 24.8. The van der Waals surface area contributed by atoms with Gasteiger partial charge in [0.1, 0.15) is 16.5 Å². The van der Waals surface area contributed by atoms with Crippen molar-refractivity contribution in [1.29, 1.82) is 0 Å². The zero-order valence-electron chi connectivity index (χ0n) is 19.3. The van der Waals surface area contributed by atoms with Crippen LogP contribution in [0.25, 0.3) is 33.1 Å². The third kappa shape index (κ3) is 3.76. The zero-order valence-corrected chi connectivity index (χ0v) is 20.1. The highest BCUT2D eigenvalue weighted by Gasteiger charge is 2.38. The number of aromatic amines is 1. The van der Waals surface area contributed by atoms with Gasteiger partial charge in [0, 0.05) is 21.9 Å². The van der Waals surface area contributed by atoms with E-state index in [1.807, 2.05) is 49.4 Å². The number of hydrogen-bond acceptors (Lipinski definition) is 5. The third-order valence-electron chi connectivity index (χ3n) is 6.28. The summed E-state index contributed by atoms with van der Waals surface area (Å²) in [7, 11) is 0. The summed E-state index contributed by atoms with van der Waals surface area (Å²) in [5.41, 5.74) is 6.97. The van der Waals surface area contributed by atoms with Crippen molar-refractivity contribution >= 4 is 45.4 Å². The van der Waals surface area contributed by atoms with Gasteiger partial charge in [-0.15, -0.1) is 11.8 Å². The van der Waals surface area contributed by atoms with Gasteiger partial charge in [-0.3, -0.25) is 15.0 Å². The minimum Gasteiger partial charge on any atom is -0.422 e. The van der Waals surface area contributed by atoms with Gasteiger partial charge in [0.2, 0.25) is 0 Å². The molecule has 0 saturated carbocycles. The van der Waals surface area contributed by atoms with Crippen molar-refractivity contribution in [3.63, 3.8) is 0 Å². The first-order valence-electron chi connectivity index (χ1n) is 11.4. The van der Waals surface area contributed by atoms with Gasteiger partial charge in [-0.25, -0.2) is 9.80 Å². The van der Waals surface area contributed by atoms with E-state index in [0.717, 1.165) is 33.3 Å². The molecule has 3 heterocycles. The number of aryl methyl sites for hydroxylation is 1. The molecule has 0 bridgehead atoms. The van der Waals surface area contributed by atoms with Crippen LogP contribution in [0.15, 0.2) is 88.1 Å². The number of fused-ring (bicyclic) bond motifs is 2. The van der Waals surface area contributed by atoms with Crippen LogP contribution < -0.4 is 11.1 Å². The van der Waals surface area contributed by atoms with Crippen LogP contribution in [0.4, 0.5) is 0 Å². The smallest absolute Gasteiger partial charge is 0.349 e. The Hall–Kier alpha value is -4.30. The van der Waals surface area contributed by atoms with E-state index in [9.17, 15) is 14.4 Å². The summed E-state index contributed by atoms with van der Waals surface area (Å²) >= 11 is 1.43. The minimum atomic E-state index is -0.755. The van der Waals surface area contributed by atoms with Crippen LogP contribution in [0, 0.1) is 6.92 Å². The van der Waals surface area contributed by atoms with Gasteiger partial charge in [0.25, 0.3) is 11.8 Å². The van der Waals surface area contributed by atoms with Crippen molar-refractivity contribution in [2.45, 2.75) is 12.3 Å². The lowest BCUT2D eigenvalue weighted by atomic mass is 10.0. The van der Waals surface area contributed by atoms with E-state index in [0.29, 0.717) is 11.0 Å². The number of amides is 2. The second-order valence-corrected chi connectivity index (χ2v) is 9.75. The Bertz CT molecular complexity index is 1710. The Balaban J connectivity index is 1.43. The van der Waals surface area contributed by atoms with Crippen LogP contribution in [0.1, 0.15) is 26.9 Å². The number of para-hydroxylation sites is 1. The number of benzene rings is 3. The molecular weight excluding hydrogens is 474 g/mol. The second kappa shape index (κ2) is 8.73. The molecule has 178 valence electrons. The molecule has 2 amide bonds. The fourth-order valence-corrected chi connectivity index (χ4v) is 5.73. The molecule has 1 atom stereocenters. The molecule has 8 heteroatoms. The summed E-state index contributed by atoms with van der Waals surface area (Å²) in [4.78, 5) is 42.2. The first-order chi connectivity index (χ1) is 17.5. The molecule has 36 heavy (non-hydrogen) atoms. The van der Waals surface area contributed by atoms with Crippen LogP contribution >= 0.6 is 11.8 Å². The number of aromatic nitrogens is 1. The molecule has 1 aliphatic rings. The van der Waals surface area contributed by atoms with E-state index >= 15 is 0 Å². The number of carbonyl (C=O) groups excluding carboxylic acids is 2. The normalized spacial score (nSPS) is 15.6. The number of hydrogen-bond donors (Lipinski definition) is 2. The molecule has 5 aromatic rings. The van der Waals surface area contributed by atoms with Crippen LogP contribution in [0.3, 0.4) is 0 Å². The molecule has 0 spiro atoms. The lowest BCUT2D eigenvalue weighted by Gasteiger charge is -2.25. The number of rotatable bonds is 4. The number of carbonyl (C=O) groups is 2. The SMILES string of the molecule is Cc1ccc2[nH]c(-c3ccccc3)c(C3SCC(=O)N3NC(=O)c3cc4ccccc4oc3=O)c2c1. The van der Waals surface area contributed by atoms with E-state index in [1.165, 1.54) is 22.8 Å².